The summed E-state index contributed by atoms with van der Waals surface area (Å²) in [5, 5.41) is 0. The van der Waals surface area contributed by atoms with E-state index in [0.717, 1.165) is 60.4 Å². The molecule has 1 aromatic carbocycles. The molecule has 2 bridgehead atoms. The smallest absolute Gasteiger partial charge is 0.182 e. The molecule has 4 heteroatoms. The van der Waals surface area contributed by atoms with Gasteiger partial charge in [0.05, 0.1) is 16.8 Å². The predicted molar refractivity (Wildman–Crippen MR) is 115 cm³/mol. The minimum atomic E-state index is 0.245. The highest BCUT2D eigenvalue weighted by Crippen LogP contribution is 2.33. The lowest BCUT2D eigenvalue weighted by atomic mass is 9.84. The number of piperidine rings is 3. The van der Waals surface area contributed by atoms with Crippen molar-refractivity contribution in [2.75, 3.05) is 19.7 Å². The van der Waals surface area contributed by atoms with Gasteiger partial charge in [-0.3, -0.25) is 4.79 Å². The van der Waals surface area contributed by atoms with Crippen LogP contribution in [-0.4, -0.2) is 30.4 Å². The number of ketones is 1. The largest absolute Gasteiger partial charge is 0.492 e. The van der Waals surface area contributed by atoms with Crippen molar-refractivity contribution in [1.82, 2.24) is 4.90 Å². The van der Waals surface area contributed by atoms with Crippen molar-refractivity contribution >= 4 is 27.8 Å². The molecule has 0 aromatic heterocycles. The first-order chi connectivity index (χ1) is 13.2. The third kappa shape index (κ3) is 5.60. The lowest BCUT2D eigenvalue weighted by Gasteiger charge is -2.41. The van der Waals surface area contributed by atoms with Gasteiger partial charge in [-0.1, -0.05) is 51.5 Å². The first-order valence-corrected chi connectivity index (χ1v) is 11.4. The van der Waals surface area contributed by atoms with Gasteiger partial charge in [-0.25, -0.2) is 0 Å². The Bertz CT molecular complexity index is 662. The maximum atomic E-state index is 12.5. The summed E-state index contributed by atoms with van der Waals surface area (Å²) in [6, 6.07) is 6.12. The molecule has 0 radical (unpaired) electrons. The van der Waals surface area contributed by atoms with Crippen LogP contribution in [-0.2, 0) is 4.79 Å². The quantitative estimate of drug-likeness (QED) is 0.324. The van der Waals surface area contributed by atoms with Gasteiger partial charge in [0.1, 0.15) is 5.75 Å². The second kappa shape index (κ2) is 10.3. The van der Waals surface area contributed by atoms with Crippen molar-refractivity contribution in [2.45, 2.75) is 64.7 Å². The van der Waals surface area contributed by atoms with Crippen molar-refractivity contribution in [2.24, 2.45) is 5.92 Å². The Labute approximate surface area is 172 Å². The first kappa shape index (κ1) is 20.4. The maximum absolute atomic E-state index is 12.5. The average molecular weight is 434 g/mol. The van der Waals surface area contributed by atoms with E-state index in [-0.39, 0.29) is 5.92 Å². The van der Waals surface area contributed by atoms with Crippen LogP contribution in [0.3, 0.4) is 0 Å². The highest BCUT2D eigenvalue weighted by molar-refractivity contribution is 9.10. The maximum Gasteiger partial charge on any atom is 0.182 e. The second-order valence-corrected chi connectivity index (χ2v) is 8.67. The molecule has 27 heavy (non-hydrogen) atoms. The second-order valence-electron chi connectivity index (χ2n) is 7.81. The average Bonchev–Trinajstić information content (AvgIpc) is 2.68. The molecule has 0 amide bonds. The zero-order chi connectivity index (χ0) is 19.1. The van der Waals surface area contributed by atoms with E-state index in [2.05, 4.69) is 39.9 Å². The van der Waals surface area contributed by atoms with Crippen LogP contribution in [0.2, 0.25) is 0 Å². The zero-order valence-electron chi connectivity index (χ0n) is 16.5. The SMILES string of the molecule is CCCCCCCCCOc1ccc(/C=C2/C(=O)C3CCN2CC3)cc1Br. The van der Waals surface area contributed by atoms with Gasteiger partial charge in [-0.2, -0.15) is 0 Å². The third-order valence-electron chi connectivity index (χ3n) is 5.72. The number of halogens is 1. The van der Waals surface area contributed by atoms with E-state index in [4.69, 9.17) is 4.74 Å². The van der Waals surface area contributed by atoms with Crippen LogP contribution < -0.4 is 4.74 Å². The molecule has 3 fully saturated rings. The summed E-state index contributed by atoms with van der Waals surface area (Å²) in [7, 11) is 0. The van der Waals surface area contributed by atoms with Crippen molar-refractivity contribution in [1.29, 1.82) is 0 Å². The zero-order valence-corrected chi connectivity index (χ0v) is 18.1. The molecule has 3 aliphatic heterocycles. The van der Waals surface area contributed by atoms with Gasteiger partial charge >= 0.3 is 0 Å². The number of unbranched alkanes of at least 4 members (excludes halogenated alkanes) is 6. The number of nitrogens with zero attached hydrogens (tertiary/aromatic N) is 1. The number of carbonyl (C=O) groups excluding carboxylic acids is 1. The topological polar surface area (TPSA) is 29.5 Å². The van der Waals surface area contributed by atoms with Crippen molar-refractivity contribution in [3.05, 3.63) is 33.9 Å². The van der Waals surface area contributed by atoms with Gasteiger partial charge in [0.25, 0.3) is 0 Å². The van der Waals surface area contributed by atoms with Crippen LogP contribution in [0.1, 0.15) is 70.3 Å². The van der Waals surface area contributed by atoms with Crippen LogP contribution in [0, 0.1) is 5.92 Å². The molecule has 0 unspecified atom stereocenters. The standard InChI is InChI=1S/C23H32BrNO2/c1-2-3-4-5-6-7-8-15-27-22-10-9-18(16-20(22)24)17-21-23(26)19-11-13-25(21)14-12-19/h9-10,16-17,19H,2-8,11-15H2,1H3/b21-17-. The minimum absolute atomic E-state index is 0.245. The van der Waals surface area contributed by atoms with Gasteiger partial charge < -0.3 is 9.64 Å². The summed E-state index contributed by atoms with van der Waals surface area (Å²) in [5.74, 6) is 1.46. The summed E-state index contributed by atoms with van der Waals surface area (Å²) in [4.78, 5) is 14.7. The molecule has 1 aromatic rings. The Morgan fingerprint density at radius 2 is 1.81 bits per heavy atom. The summed E-state index contributed by atoms with van der Waals surface area (Å²) in [5.41, 5.74) is 1.95. The number of ether oxygens (including phenoxy) is 1. The number of Topliss-reactive ketones (excluding diaryl/α,β-unsaturated/α-hetero) is 1. The molecule has 3 heterocycles. The lowest BCUT2D eigenvalue weighted by Crippen LogP contribution is -2.45. The molecular weight excluding hydrogens is 402 g/mol. The van der Waals surface area contributed by atoms with Crippen LogP contribution in [0.25, 0.3) is 6.08 Å². The number of hydrogen-bond acceptors (Lipinski definition) is 3. The van der Waals surface area contributed by atoms with Gasteiger partial charge in [-0.05, 0) is 59.0 Å². The summed E-state index contributed by atoms with van der Waals surface area (Å²) in [6.07, 6.45) is 13.1. The fourth-order valence-corrected chi connectivity index (χ4v) is 4.54. The molecule has 3 aliphatic rings. The normalized spacial score (nSPS) is 18.5. The Balaban J connectivity index is 1.48. The highest BCUT2D eigenvalue weighted by Gasteiger charge is 2.36. The summed E-state index contributed by atoms with van der Waals surface area (Å²) < 4.78 is 6.90. The number of fused-ring (bicyclic) bond motifs is 3. The Kier molecular flexibility index (Phi) is 7.81. The molecule has 0 atom stereocenters. The Morgan fingerprint density at radius 3 is 2.48 bits per heavy atom. The van der Waals surface area contributed by atoms with E-state index in [9.17, 15) is 4.79 Å². The van der Waals surface area contributed by atoms with Crippen LogP contribution in [0.5, 0.6) is 5.75 Å². The Hall–Kier alpha value is -1.29. The van der Waals surface area contributed by atoms with Crippen LogP contribution in [0.15, 0.2) is 28.4 Å². The third-order valence-corrected chi connectivity index (χ3v) is 6.34. The van der Waals surface area contributed by atoms with Crippen molar-refractivity contribution in [3.63, 3.8) is 0 Å². The van der Waals surface area contributed by atoms with Gasteiger partial charge in [0.2, 0.25) is 0 Å². The van der Waals surface area contributed by atoms with Crippen LogP contribution in [0.4, 0.5) is 0 Å². The molecule has 0 aliphatic carbocycles. The molecule has 0 N–H and O–H groups in total. The van der Waals surface area contributed by atoms with E-state index in [1.54, 1.807) is 0 Å². The van der Waals surface area contributed by atoms with Crippen molar-refractivity contribution < 1.29 is 9.53 Å². The first-order valence-electron chi connectivity index (χ1n) is 10.6. The molecule has 3 saturated heterocycles. The summed E-state index contributed by atoms with van der Waals surface area (Å²) in [6.45, 7) is 5.05. The highest BCUT2D eigenvalue weighted by atomic mass is 79.9. The fourth-order valence-electron chi connectivity index (χ4n) is 4.03. The monoisotopic (exact) mass is 433 g/mol. The minimum Gasteiger partial charge on any atom is -0.492 e. The van der Waals surface area contributed by atoms with Gasteiger partial charge in [0, 0.05) is 19.0 Å². The van der Waals surface area contributed by atoms with E-state index in [1.807, 2.05) is 12.1 Å². The van der Waals surface area contributed by atoms with Gasteiger partial charge in [0.15, 0.2) is 5.78 Å². The molecule has 148 valence electrons. The molecule has 0 spiro atoms. The number of hydrogen-bond donors (Lipinski definition) is 0. The van der Waals surface area contributed by atoms with Crippen molar-refractivity contribution in [3.8, 4) is 5.75 Å². The molecular formula is C23H32BrNO2. The van der Waals surface area contributed by atoms with Crippen LogP contribution >= 0.6 is 15.9 Å². The molecule has 0 saturated carbocycles. The van der Waals surface area contributed by atoms with Gasteiger partial charge in [-0.15, -0.1) is 0 Å². The molecule has 3 nitrogen and oxygen atoms in total. The van der Waals surface area contributed by atoms with E-state index >= 15 is 0 Å². The number of allylic oxidation sites excluding steroid dienone is 1. The molecule has 4 rings (SSSR count). The number of rotatable bonds is 10. The van der Waals surface area contributed by atoms with E-state index < -0.39 is 0 Å². The number of benzene rings is 1. The van der Waals surface area contributed by atoms with E-state index in [0.29, 0.717) is 5.78 Å². The fraction of sp³-hybridized carbons (Fsp3) is 0.609. The predicted octanol–water partition coefficient (Wildman–Crippen LogP) is 6.21. The lowest BCUT2D eigenvalue weighted by molar-refractivity contribution is -0.125. The van der Waals surface area contributed by atoms with E-state index in [1.165, 1.54) is 38.5 Å². The summed E-state index contributed by atoms with van der Waals surface area (Å²) >= 11 is 3.63. The Morgan fingerprint density at radius 1 is 1.11 bits per heavy atom. The number of carbonyl (C=O) groups is 1.